The zero-order chi connectivity index (χ0) is 20.2. The Morgan fingerprint density at radius 1 is 1.00 bits per heavy atom. The Hall–Kier alpha value is -3.68. The fraction of sp³-hybridized carbons (Fsp3) is 0.238. The Bertz CT molecular complexity index is 1040. The molecule has 0 radical (unpaired) electrons. The van der Waals surface area contributed by atoms with Gasteiger partial charge in [-0.1, -0.05) is 24.3 Å². The van der Waals surface area contributed by atoms with Crippen LogP contribution in [-0.2, 0) is 4.79 Å². The molecule has 2 aromatic heterocycles. The van der Waals surface area contributed by atoms with Crippen LogP contribution < -0.4 is 10.9 Å². The Labute approximate surface area is 166 Å². The number of benzene rings is 1. The number of hydrogen-bond donors (Lipinski definition) is 2. The number of fused-ring (bicyclic) bond motifs is 1. The first-order valence-electron chi connectivity index (χ1n) is 9.39. The number of carbonyl (C=O) groups excluding carboxylic acids is 3. The van der Waals surface area contributed by atoms with Gasteiger partial charge >= 0.3 is 0 Å². The van der Waals surface area contributed by atoms with Crippen LogP contribution in [0.25, 0.3) is 10.9 Å². The van der Waals surface area contributed by atoms with Crippen LogP contribution in [0.2, 0.25) is 0 Å². The molecule has 8 heteroatoms. The number of nitrogens with one attached hydrogen (secondary N) is 2. The van der Waals surface area contributed by atoms with E-state index in [0.717, 1.165) is 5.39 Å². The molecule has 148 valence electrons. The lowest BCUT2D eigenvalue weighted by Crippen LogP contribution is -2.48. The SMILES string of the molecule is O=C(NNC(=O)C1CCN(C(=O)c2ccoc2)CC1)c1ccc2ccccc2n1. The van der Waals surface area contributed by atoms with E-state index < -0.39 is 5.91 Å². The number of rotatable bonds is 3. The molecule has 8 nitrogen and oxygen atoms in total. The van der Waals surface area contributed by atoms with Gasteiger partial charge in [0.1, 0.15) is 12.0 Å². The number of hydrogen-bond acceptors (Lipinski definition) is 5. The number of hydrazine groups is 1. The second-order valence-electron chi connectivity index (χ2n) is 6.91. The van der Waals surface area contributed by atoms with Gasteiger partial charge in [0.25, 0.3) is 11.8 Å². The van der Waals surface area contributed by atoms with Gasteiger partial charge in [-0.25, -0.2) is 4.98 Å². The van der Waals surface area contributed by atoms with E-state index in [4.69, 9.17) is 4.42 Å². The number of carbonyl (C=O) groups is 3. The molecule has 0 spiro atoms. The highest BCUT2D eigenvalue weighted by Crippen LogP contribution is 2.19. The van der Waals surface area contributed by atoms with Crippen LogP contribution in [0.5, 0.6) is 0 Å². The van der Waals surface area contributed by atoms with Gasteiger partial charge in [-0.15, -0.1) is 0 Å². The van der Waals surface area contributed by atoms with Crippen molar-refractivity contribution in [3.63, 3.8) is 0 Å². The Morgan fingerprint density at radius 2 is 1.79 bits per heavy atom. The van der Waals surface area contributed by atoms with Crippen LogP contribution in [0, 0.1) is 5.92 Å². The number of nitrogens with zero attached hydrogens (tertiary/aromatic N) is 2. The molecular weight excluding hydrogens is 372 g/mol. The molecule has 1 aliphatic heterocycles. The number of amides is 3. The van der Waals surface area contributed by atoms with E-state index in [-0.39, 0.29) is 23.4 Å². The maximum Gasteiger partial charge on any atom is 0.288 e. The molecule has 1 saturated heterocycles. The van der Waals surface area contributed by atoms with E-state index in [0.29, 0.717) is 37.0 Å². The molecule has 3 amide bonds. The van der Waals surface area contributed by atoms with Crippen molar-refractivity contribution >= 4 is 28.6 Å². The lowest BCUT2D eigenvalue weighted by atomic mass is 9.96. The van der Waals surface area contributed by atoms with Crippen LogP contribution in [0.15, 0.2) is 59.4 Å². The topological polar surface area (TPSA) is 105 Å². The standard InChI is InChI=1S/C21H20N4O4/c26-19(15-7-10-25(11-8-15)21(28)16-9-12-29-13-16)23-24-20(27)18-6-5-14-3-1-2-4-17(14)22-18/h1-6,9,12-13,15H,7-8,10-11H2,(H,23,26)(H,24,27). The van der Waals surface area contributed by atoms with Crippen molar-refractivity contribution in [2.24, 2.45) is 5.92 Å². The number of aromatic nitrogens is 1. The minimum absolute atomic E-state index is 0.103. The van der Waals surface area contributed by atoms with E-state index in [1.807, 2.05) is 30.3 Å². The zero-order valence-corrected chi connectivity index (χ0v) is 15.6. The maximum absolute atomic E-state index is 12.4. The number of furan rings is 1. The van der Waals surface area contributed by atoms with Gasteiger partial charge in [0.15, 0.2) is 0 Å². The number of para-hydroxylation sites is 1. The summed E-state index contributed by atoms with van der Waals surface area (Å²) in [5, 5.41) is 0.935. The molecule has 0 atom stereocenters. The van der Waals surface area contributed by atoms with Gasteiger partial charge in [0, 0.05) is 24.4 Å². The highest BCUT2D eigenvalue weighted by atomic mass is 16.3. The van der Waals surface area contributed by atoms with Crippen molar-refractivity contribution in [1.29, 1.82) is 0 Å². The summed E-state index contributed by atoms with van der Waals surface area (Å²) in [6, 6.07) is 12.5. The van der Waals surface area contributed by atoms with Crippen molar-refractivity contribution in [3.05, 3.63) is 66.2 Å². The second kappa shape index (κ2) is 8.14. The van der Waals surface area contributed by atoms with Crippen molar-refractivity contribution in [3.8, 4) is 0 Å². The predicted molar refractivity (Wildman–Crippen MR) is 105 cm³/mol. The smallest absolute Gasteiger partial charge is 0.288 e. The van der Waals surface area contributed by atoms with Crippen LogP contribution in [-0.4, -0.2) is 40.7 Å². The molecule has 1 fully saturated rings. The Kier molecular flexibility index (Phi) is 5.24. The average molecular weight is 392 g/mol. The van der Waals surface area contributed by atoms with Crippen LogP contribution >= 0.6 is 0 Å². The highest BCUT2D eigenvalue weighted by Gasteiger charge is 2.28. The summed E-state index contributed by atoms with van der Waals surface area (Å²) in [6.07, 6.45) is 3.93. The van der Waals surface area contributed by atoms with E-state index in [1.165, 1.54) is 12.5 Å². The summed E-state index contributed by atoms with van der Waals surface area (Å²) in [4.78, 5) is 43.0. The molecule has 1 aliphatic rings. The minimum atomic E-state index is -0.475. The fourth-order valence-electron chi connectivity index (χ4n) is 3.39. The third kappa shape index (κ3) is 4.11. The zero-order valence-electron chi connectivity index (χ0n) is 15.6. The maximum atomic E-state index is 12.4. The fourth-order valence-corrected chi connectivity index (χ4v) is 3.39. The molecule has 29 heavy (non-hydrogen) atoms. The van der Waals surface area contributed by atoms with Gasteiger partial charge in [0.2, 0.25) is 5.91 Å². The van der Waals surface area contributed by atoms with Crippen molar-refractivity contribution in [2.75, 3.05) is 13.1 Å². The lowest BCUT2D eigenvalue weighted by Gasteiger charge is -2.31. The Balaban J connectivity index is 1.28. The molecule has 0 saturated carbocycles. The van der Waals surface area contributed by atoms with Crippen molar-refractivity contribution in [2.45, 2.75) is 12.8 Å². The summed E-state index contributed by atoms with van der Waals surface area (Å²) in [6.45, 7) is 0.949. The first-order valence-corrected chi connectivity index (χ1v) is 9.39. The van der Waals surface area contributed by atoms with Gasteiger partial charge < -0.3 is 9.32 Å². The Morgan fingerprint density at radius 3 is 2.55 bits per heavy atom. The first-order chi connectivity index (χ1) is 14.1. The molecule has 1 aromatic carbocycles. The van der Waals surface area contributed by atoms with Crippen molar-refractivity contribution < 1.29 is 18.8 Å². The van der Waals surface area contributed by atoms with E-state index >= 15 is 0 Å². The quantitative estimate of drug-likeness (QED) is 0.665. The molecule has 2 N–H and O–H groups in total. The lowest BCUT2D eigenvalue weighted by molar-refractivity contribution is -0.127. The van der Waals surface area contributed by atoms with Gasteiger partial charge in [-0.3, -0.25) is 25.2 Å². The third-order valence-electron chi connectivity index (χ3n) is 5.05. The summed E-state index contributed by atoms with van der Waals surface area (Å²) >= 11 is 0. The van der Waals surface area contributed by atoms with E-state index in [1.54, 1.807) is 17.0 Å². The predicted octanol–water partition coefficient (Wildman–Crippen LogP) is 2.14. The number of likely N-dealkylation sites (tertiary alicyclic amines) is 1. The van der Waals surface area contributed by atoms with Gasteiger partial charge in [-0.05, 0) is 31.0 Å². The largest absolute Gasteiger partial charge is 0.472 e. The monoisotopic (exact) mass is 392 g/mol. The van der Waals surface area contributed by atoms with E-state index in [2.05, 4.69) is 15.8 Å². The molecule has 4 rings (SSSR count). The van der Waals surface area contributed by atoms with Crippen molar-refractivity contribution in [1.82, 2.24) is 20.7 Å². The normalized spacial score (nSPS) is 14.6. The molecule has 0 aliphatic carbocycles. The molecule has 3 heterocycles. The minimum Gasteiger partial charge on any atom is -0.472 e. The second-order valence-corrected chi connectivity index (χ2v) is 6.91. The molecule has 3 aromatic rings. The van der Waals surface area contributed by atoms with Crippen LogP contribution in [0.3, 0.4) is 0 Å². The average Bonchev–Trinajstić information content (AvgIpc) is 3.31. The summed E-state index contributed by atoms with van der Waals surface area (Å²) in [7, 11) is 0. The van der Waals surface area contributed by atoms with Gasteiger partial charge in [-0.2, -0.15) is 0 Å². The third-order valence-corrected chi connectivity index (χ3v) is 5.05. The first kappa shape index (κ1) is 18.7. The number of piperidine rings is 1. The summed E-state index contributed by atoms with van der Waals surface area (Å²) in [5.74, 6) is -1.12. The van der Waals surface area contributed by atoms with Gasteiger partial charge in [0.05, 0.1) is 17.3 Å². The van der Waals surface area contributed by atoms with Crippen LogP contribution in [0.1, 0.15) is 33.7 Å². The molecular formula is C21H20N4O4. The number of pyridine rings is 1. The van der Waals surface area contributed by atoms with E-state index in [9.17, 15) is 14.4 Å². The molecule has 0 unspecified atom stereocenters. The summed E-state index contributed by atoms with van der Waals surface area (Å²) in [5.41, 5.74) is 6.34. The highest BCUT2D eigenvalue weighted by molar-refractivity contribution is 5.96. The summed E-state index contributed by atoms with van der Waals surface area (Å²) < 4.78 is 4.94. The van der Waals surface area contributed by atoms with Crippen LogP contribution in [0.4, 0.5) is 0 Å². The molecule has 0 bridgehead atoms.